The van der Waals surface area contributed by atoms with E-state index in [2.05, 4.69) is 12.2 Å². The summed E-state index contributed by atoms with van der Waals surface area (Å²) in [6.07, 6.45) is 0.866. The van der Waals surface area contributed by atoms with Gasteiger partial charge in [0.1, 0.15) is 5.60 Å². The summed E-state index contributed by atoms with van der Waals surface area (Å²) >= 11 is 0. The number of nitrogens with zero attached hydrogens (tertiary/aromatic N) is 1. The van der Waals surface area contributed by atoms with E-state index >= 15 is 0 Å². The molecule has 0 aromatic heterocycles. The van der Waals surface area contributed by atoms with Crippen molar-refractivity contribution in [1.82, 2.24) is 10.2 Å². The number of hydrogen-bond donors (Lipinski definition) is 1. The zero-order valence-electron chi connectivity index (χ0n) is 11.0. The highest BCUT2D eigenvalue weighted by molar-refractivity contribution is 5.68. The van der Waals surface area contributed by atoms with Crippen molar-refractivity contribution in [2.45, 2.75) is 45.8 Å². The van der Waals surface area contributed by atoms with Gasteiger partial charge in [-0.15, -0.1) is 0 Å². The molecular formula is C12H24N2O2. The van der Waals surface area contributed by atoms with E-state index in [1.165, 1.54) is 0 Å². The highest BCUT2D eigenvalue weighted by Crippen LogP contribution is 2.20. The molecule has 0 spiro atoms. The largest absolute Gasteiger partial charge is 0.444 e. The lowest BCUT2D eigenvalue weighted by Gasteiger charge is -2.30. The van der Waals surface area contributed by atoms with Crippen molar-refractivity contribution in [3.8, 4) is 0 Å². The molecule has 1 heterocycles. The van der Waals surface area contributed by atoms with Crippen molar-refractivity contribution in [2.75, 3.05) is 20.1 Å². The SMILES string of the molecule is CC[C@H]1CNC[C@H]1N(C)C(=O)OC(C)(C)C. The Hall–Kier alpha value is -0.770. The van der Waals surface area contributed by atoms with Crippen LogP contribution in [0.5, 0.6) is 0 Å². The molecule has 16 heavy (non-hydrogen) atoms. The zero-order chi connectivity index (χ0) is 12.3. The Morgan fingerprint density at radius 2 is 2.06 bits per heavy atom. The number of nitrogens with one attached hydrogen (secondary N) is 1. The maximum atomic E-state index is 11.9. The van der Waals surface area contributed by atoms with Gasteiger partial charge in [-0.3, -0.25) is 0 Å². The smallest absolute Gasteiger partial charge is 0.410 e. The number of amides is 1. The summed E-state index contributed by atoms with van der Waals surface area (Å²) < 4.78 is 5.36. The molecule has 2 atom stereocenters. The van der Waals surface area contributed by atoms with Crippen LogP contribution in [-0.2, 0) is 4.74 Å². The minimum atomic E-state index is -0.418. The summed E-state index contributed by atoms with van der Waals surface area (Å²) in [4.78, 5) is 13.6. The summed E-state index contributed by atoms with van der Waals surface area (Å²) in [7, 11) is 1.83. The summed E-state index contributed by atoms with van der Waals surface area (Å²) in [5.74, 6) is 0.539. The second-order valence-corrected chi connectivity index (χ2v) is 5.49. The fourth-order valence-electron chi connectivity index (χ4n) is 2.06. The molecule has 94 valence electrons. The van der Waals surface area contributed by atoms with Crippen molar-refractivity contribution in [3.05, 3.63) is 0 Å². The van der Waals surface area contributed by atoms with Gasteiger partial charge in [0, 0.05) is 20.1 Å². The number of ether oxygens (including phenoxy) is 1. The van der Waals surface area contributed by atoms with Crippen LogP contribution in [0.2, 0.25) is 0 Å². The Bertz CT molecular complexity index is 248. The second kappa shape index (κ2) is 5.04. The highest BCUT2D eigenvalue weighted by atomic mass is 16.6. The molecule has 1 amide bonds. The van der Waals surface area contributed by atoms with Crippen LogP contribution in [-0.4, -0.2) is 42.8 Å². The van der Waals surface area contributed by atoms with Crippen LogP contribution >= 0.6 is 0 Å². The molecule has 0 saturated carbocycles. The van der Waals surface area contributed by atoms with Crippen molar-refractivity contribution in [3.63, 3.8) is 0 Å². The maximum Gasteiger partial charge on any atom is 0.410 e. The van der Waals surface area contributed by atoms with Crippen LogP contribution in [0.4, 0.5) is 4.79 Å². The molecule has 0 bridgehead atoms. The van der Waals surface area contributed by atoms with Crippen LogP contribution in [0.1, 0.15) is 34.1 Å². The van der Waals surface area contributed by atoms with Crippen molar-refractivity contribution in [1.29, 1.82) is 0 Å². The topological polar surface area (TPSA) is 41.6 Å². The third-order valence-corrected chi connectivity index (χ3v) is 3.01. The molecule has 1 N–H and O–H groups in total. The molecule has 1 aliphatic rings. The van der Waals surface area contributed by atoms with Crippen LogP contribution in [0, 0.1) is 5.92 Å². The summed E-state index contributed by atoms with van der Waals surface area (Å²) in [5, 5.41) is 3.32. The third kappa shape index (κ3) is 3.37. The molecule has 4 heteroatoms. The van der Waals surface area contributed by atoms with Gasteiger partial charge in [0.25, 0.3) is 0 Å². The Morgan fingerprint density at radius 1 is 1.44 bits per heavy atom. The van der Waals surface area contributed by atoms with E-state index in [9.17, 15) is 4.79 Å². The van der Waals surface area contributed by atoms with Crippen molar-refractivity contribution < 1.29 is 9.53 Å². The molecular weight excluding hydrogens is 204 g/mol. The van der Waals surface area contributed by atoms with Gasteiger partial charge in [0.15, 0.2) is 0 Å². The fourth-order valence-corrected chi connectivity index (χ4v) is 2.06. The predicted octanol–water partition coefficient (Wildman–Crippen LogP) is 1.85. The maximum absolute atomic E-state index is 11.9. The molecule has 0 radical (unpaired) electrons. The van der Waals surface area contributed by atoms with Gasteiger partial charge in [-0.05, 0) is 26.7 Å². The second-order valence-electron chi connectivity index (χ2n) is 5.49. The van der Waals surface area contributed by atoms with Crippen LogP contribution in [0.3, 0.4) is 0 Å². The first kappa shape index (κ1) is 13.3. The number of likely N-dealkylation sites (N-methyl/N-ethyl adjacent to an activating group) is 1. The van der Waals surface area contributed by atoms with Crippen LogP contribution in [0.25, 0.3) is 0 Å². The number of hydrogen-bond acceptors (Lipinski definition) is 3. The molecule has 0 aromatic rings. The van der Waals surface area contributed by atoms with Gasteiger partial charge in [-0.2, -0.15) is 0 Å². The fraction of sp³-hybridized carbons (Fsp3) is 0.917. The molecule has 4 nitrogen and oxygen atoms in total. The molecule has 1 saturated heterocycles. The highest BCUT2D eigenvalue weighted by Gasteiger charge is 2.33. The first-order chi connectivity index (χ1) is 7.35. The number of carbonyl (C=O) groups excluding carboxylic acids is 1. The van der Waals surface area contributed by atoms with Crippen LogP contribution < -0.4 is 5.32 Å². The van der Waals surface area contributed by atoms with Gasteiger partial charge < -0.3 is 15.0 Å². The van der Waals surface area contributed by atoms with E-state index in [1.807, 2.05) is 27.8 Å². The van der Waals surface area contributed by atoms with E-state index in [0.29, 0.717) is 5.92 Å². The number of carbonyl (C=O) groups is 1. The van der Waals surface area contributed by atoms with Gasteiger partial charge >= 0.3 is 6.09 Å². The van der Waals surface area contributed by atoms with Crippen molar-refractivity contribution in [2.24, 2.45) is 5.92 Å². The van der Waals surface area contributed by atoms with E-state index in [1.54, 1.807) is 4.90 Å². The van der Waals surface area contributed by atoms with E-state index in [-0.39, 0.29) is 12.1 Å². The van der Waals surface area contributed by atoms with E-state index < -0.39 is 5.60 Å². The quantitative estimate of drug-likeness (QED) is 0.784. The van der Waals surface area contributed by atoms with Crippen molar-refractivity contribution >= 4 is 6.09 Å². The predicted molar refractivity (Wildman–Crippen MR) is 64.4 cm³/mol. The zero-order valence-corrected chi connectivity index (χ0v) is 11.0. The first-order valence-electron chi connectivity index (χ1n) is 6.01. The number of rotatable bonds is 2. The summed E-state index contributed by atoms with van der Waals surface area (Å²) in [5.41, 5.74) is -0.418. The first-order valence-corrected chi connectivity index (χ1v) is 6.01. The minimum absolute atomic E-state index is 0.223. The minimum Gasteiger partial charge on any atom is -0.444 e. The molecule has 0 aliphatic carbocycles. The monoisotopic (exact) mass is 228 g/mol. The summed E-state index contributed by atoms with van der Waals surface area (Å²) in [6.45, 7) is 9.70. The molecule has 0 unspecified atom stereocenters. The molecule has 1 fully saturated rings. The van der Waals surface area contributed by atoms with Gasteiger partial charge in [0.2, 0.25) is 0 Å². The van der Waals surface area contributed by atoms with Gasteiger partial charge in [-0.25, -0.2) is 4.79 Å². The lowest BCUT2D eigenvalue weighted by Crippen LogP contribution is -2.44. The molecule has 1 aliphatic heterocycles. The van der Waals surface area contributed by atoms with Crippen LogP contribution in [0.15, 0.2) is 0 Å². The van der Waals surface area contributed by atoms with Gasteiger partial charge in [0.05, 0.1) is 6.04 Å². The Kier molecular flexibility index (Phi) is 4.19. The van der Waals surface area contributed by atoms with E-state index in [4.69, 9.17) is 4.74 Å². The molecule has 1 rings (SSSR count). The lowest BCUT2D eigenvalue weighted by molar-refractivity contribution is 0.0200. The normalized spacial score (nSPS) is 25.6. The lowest BCUT2D eigenvalue weighted by atomic mass is 10.0. The van der Waals surface area contributed by atoms with Gasteiger partial charge in [-0.1, -0.05) is 13.3 Å². The third-order valence-electron chi connectivity index (χ3n) is 3.01. The van der Waals surface area contributed by atoms with E-state index in [0.717, 1.165) is 19.5 Å². The summed E-state index contributed by atoms with van der Waals surface area (Å²) in [6, 6.07) is 0.264. The standard InChI is InChI=1S/C12H24N2O2/c1-6-9-7-13-8-10(9)14(5)11(15)16-12(2,3)4/h9-10,13H,6-8H2,1-5H3/t9-,10+/m0/s1. The Labute approximate surface area is 98.3 Å². The Balaban J connectivity index is 2.56. The average Bonchev–Trinajstić information content (AvgIpc) is 2.61. The molecule has 0 aromatic carbocycles. The Morgan fingerprint density at radius 3 is 2.56 bits per heavy atom. The average molecular weight is 228 g/mol.